The number of aryl methyl sites for hydroxylation is 1. The predicted octanol–water partition coefficient (Wildman–Crippen LogP) is 1.22. The molecule has 0 aliphatic carbocycles. The van der Waals surface area contributed by atoms with Crippen LogP contribution in [0.15, 0.2) is 30.3 Å². The Bertz CT molecular complexity index is 824. The van der Waals surface area contributed by atoms with Crippen LogP contribution in [-0.2, 0) is 16.1 Å². The molecule has 2 fully saturated rings. The molecule has 0 saturated carbocycles. The lowest BCUT2D eigenvalue weighted by molar-refractivity contribution is -0.131. The summed E-state index contributed by atoms with van der Waals surface area (Å²) < 4.78 is 5.45. The first-order chi connectivity index (χ1) is 13.1. The summed E-state index contributed by atoms with van der Waals surface area (Å²) >= 11 is 0. The molecule has 3 heterocycles. The van der Waals surface area contributed by atoms with Crippen LogP contribution in [0, 0.1) is 0 Å². The number of hydrogen-bond donors (Lipinski definition) is 1. The maximum Gasteiger partial charge on any atom is 0.407 e. The summed E-state index contributed by atoms with van der Waals surface area (Å²) in [6.45, 7) is 2.18. The second-order valence-electron chi connectivity index (χ2n) is 6.99. The molecule has 2 aliphatic rings. The van der Waals surface area contributed by atoms with E-state index in [0.29, 0.717) is 44.8 Å². The molecule has 9 nitrogen and oxygen atoms in total. The minimum Gasteiger partial charge on any atom is -0.441 e. The maximum atomic E-state index is 12.6. The van der Waals surface area contributed by atoms with Gasteiger partial charge in [-0.3, -0.25) is 4.79 Å². The van der Waals surface area contributed by atoms with E-state index in [4.69, 9.17) is 4.74 Å². The molecular weight excluding hydrogens is 348 g/mol. The number of likely N-dealkylation sites (tertiary alicyclic amines) is 1. The van der Waals surface area contributed by atoms with Gasteiger partial charge in [0.1, 0.15) is 5.60 Å². The molecule has 1 aromatic carbocycles. The van der Waals surface area contributed by atoms with Crippen LogP contribution in [-0.4, -0.2) is 62.3 Å². The topological polar surface area (TPSA) is 102 Å². The number of rotatable bonds is 4. The number of carbonyl (C=O) groups is 2. The number of amides is 2. The largest absolute Gasteiger partial charge is 0.441 e. The van der Waals surface area contributed by atoms with Crippen molar-refractivity contribution < 1.29 is 14.3 Å². The first-order valence-electron chi connectivity index (χ1n) is 9.21. The molecule has 9 heteroatoms. The van der Waals surface area contributed by atoms with E-state index in [-0.39, 0.29) is 12.0 Å². The van der Waals surface area contributed by atoms with Crippen LogP contribution in [0.25, 0.3) is 11.4 Å². The number of nitrogens with zero attached hydrogens (tertiary/aromatic N) is 5. The summed E-state index contributed by atoms with van der Waals surface area (Å²) in [5, 5.41) is 15.1. The minimum atomic E-state index is -0.454. The van der Waals surface area contributed by atoms with Crippen LogP contribution in [0.1, 0.15) is 25.7 Å². The van der Waals surface area contributed by atoms with Crippen LogP contribution in [0.4, 0.5) is 4.79 Å². The van der Waals surface area contributed by atoms with E-state index in [1.54, 1.807) is 0 Å². The highest BCUT2D eigenvalue weighted by Gasteiger charge is 2.41. The number of ether oxygens (including phenoxy) is 1. The Labute approximate surface area is 156 Å². The zero-order chi connectivity index (χ0) is 18.7. The van der Waals surface area contributed by atoms with E-state index in [0.717, 1.165) is 18.4 Å². The Hall–Kier alpha value is -2.97. The summed E-state index contributed by atoms with van der Waals surface area (Å²) in [6.07, 6.45) is 2.22. The van der Waals surface area contributed by atoms with Gasteiger partial charge >= 0.3 is 6.09 Å². The molecule has 2 saturated heterocycles. The highest BCUT2D eigenvalue weighted by Crippen LogP contribution is 2.29. The number of hydrogen-bond acceptors (Lipinski definition) is 6. The van der Waals surface area contributed by atoms with E-state index in [2.05, 4.69) is 20.7 Å². The SMILES string of the molecule is O=C1NC[C@]2(CCCN(C(=O)CCn3nnc(-c4ccccc4)n3)CC2)O1. The highest BCUT2D eigenvalue weighted by atomic mass is 16.6. The molecule has 4 rings (SSSR count). The van der Waals surface area contributed by atoms with E-state index in [9.17, 15) is 9.59 Å². The number of tetrazole rings is 1. The standard InChI is InChI=1S/C18H22N6O3/c25-15(23-10-4-8-18(9-12-23)13-19-17(26)27-18)7-11-24-21-16(20-22-24)14-5-2-1-3-6-14/h1-3,5-6H,4,7-13H2,(H,19,26)/t18-/m1/s1. The molecule has 1 aromatic heterocycles. The van der Waals surface area contributed by atoms with Gasteiger partial charge in [-0.2, -0.15) is 4.80 Å². The van der Waals surface area contributed by atoms with Gasteiger partial charge in [0.2, 0.25) is 11.7 Å². The zero-order valence-electron chi connectivity index (χ0n) is 15.0. The molecule has 0 bridgehead atoms. The average molecular weight is 370 g/mol. The zero-order valence-corrected chi connectivity index (χ0v) is 15.0. The average Bonchev–Trinajstić information content (AvgIpc) is 3.24. The van der Waals surface area contributed by atoms with Crippen molar-refractivity contribution in [1.82, 2.24) is 30.4 Å². The van der Waals surface area contributed by atoms with Gasteiger partial charge in [0.25, 0.3) is 0 Å². The van der Waals surface area contributed by atoms with E-state index < -0.39 is 5.60 Å². The number of benzene rings is 1. The van der Waals surface area contributed by atoms with Crippen LogP contribution in [0.3, 0.4) is 0 Å². The second kappa shape index (κ2) is 7.34. The first kappa shape index (κ1) is 17.4. The molecule has 1 atom stereocenters. The van der Waals surface area contributed by atoms with Crippen molar-refractivity contribution in [2.45, 2.75) is 37.8 Å². The van der Waals surface area contributed by atoms with Crippen LogP contribution >= 0.6 is 0 Å². The Kier molecular flexibility index (Phi) is 4.74. The lowest BCUT2D eigenvalue weighted by Crippen LogP contribution is -2.36. The van der Waals surface area contributed by atoms with Crippen molar-refractivity contribution in [3.05, 3.63) is 30.3 Å². The lowest BCUT2D eigenvalue weighted by Gasteiger charge is -2.25. The van der Waals surface area contributed by atoms with Crippen molar-refractivity contribution in [2.24, 2.45) is 0 Å². The summed E-state index contributed by atoms with van der Waals surface area (Å²) in [5.74, 6) is 0.609. The van der Waals surface area contributed by atoms with Gasteiger partial charge in [-0.1, -0.05) is 30.3 Å². The van der Waals surface area contributed by atoms with Crippen molar-refractivity contribution in [3.63, 3.8) is 0 Å². The van der Waals surface area contributed by atoms with Gasteiger partial charge < -0.3 is 15.0 Å². The number of aromatic nitrogens is 4. The Morgan fingerprint density at radius 2 is 2.07 bits per heavy atom. The fraction of sp³-hybridized carbons (Fsp3) is 0.500. The van der Waals surface area contributed by atoms with Crippen LogP contribution < -0.4 is 5.32 Å². The summed E-state index contributed by atoms with van der Waals surface area (Å²) in [6, 6.07) is 9.61. The fourth-order valence-electron chi connectivity index (χ4n) is 3.59. The molecule has 2 amide bonds. The van der Waals surface area contributed by atoms with Crippen molar-refractivity contribution >= 4 is 12.0 Å². The smallest absolute Gasteiger partial charge is 0.407 e. The van der Waals surface area contributed by atoms with E-state index in [1.165, 1.54) is 4.80 Å². The monoisotopic (exact) mass is 370 g/mol. The van der Waals surface area contributed by atoms with Crippen molar-refractivity contribution in [3.8, 4) is 11.4 Å². The highest BCUT2D eigenvalue weighted by molar-refractivity contribution is 5.76. The minimum absolute atomic E-state index is 0.0582. The number of carbonyl (C=O) groups excluding carboxylic acids is 2. The van der Waals surface area contributed by atoms with Crippen molar-refractivity contribution in [1.29, 1.82) is 0 Å². The Balaban J connectivity index is 1.31. The molecule has 2 aromatic rings. The molecule has 142 valence electrons. The third-order valence-corrected chi connectivity index (χ3v) is 5.13. The lowest BCUT2D eigenvalue weighted by atomic mass is 9.95. The summed E-state index contributed by atoms with van der Waals surface area (Å²) in [5.41, 5.74) is 0.442. The summed E-state index contributed by atoms with van der Waals surface area (Å²) in [4.78, 5) is 27.3. The third kappa shape index (κ3) is 3.91. The first-order valence-corrected chi connectivity index (χ1v) is 9.21. The van der Waals surface area contributed by atoms with Gasteiger partial charge in [0.05, 0.1) is 13.1 Å². The van der Waals surface area contributed by atoms with Gasteiger partial charge in [-0.05, 0) is 18.1 Å². The second-order valence-corrected chi connectivity index (χ2v) is 6.99. The molecular formula is C18H22N6O3. The molecule has 1 spiro atoms. The number of alkyl carbamates (subject to hydrolysis) is 1. The van der Waals surface area contributed by atoms with E-state index >= 15 is 0 Å². The van der Waals surface area contributed by atoms with Crippen LogP contribution in [0.2, 0.25) is 0 Å². The normalized spacial score (nSPS) is 22.4. The molecule has 0 radical (unpaired) electrons. The molecule has 27 heavy (non-hydrogen) atoms. The fourth-order valence-corrected chi connectivity index (χ4v) is 3.59. The van der Waals surface area contributed by atoms with Crippen molar-refractivity contribution in [2.75, 3.05) is 19.6 Å². The third-order valence-electron chi connectivity index (χ3n) is 5.13. The van der Waals surface area contributed by atoms with Gasteiger partial charge in [0.15, 0.2) is 0 Å². The van der Waals surface area contributed by atoms with Gasteiger partial charge in [-0.15, -0.1) is 10.2 Å². The van der Waals surface area contributed by atoms with Crippen LogP contribution in [0.5, 0.6) is 0 Å². The number of nitrogens with one attached hydrogen (secondary N) is 1. The maximum absolute atomic E-state index is 12.6. The quantitative estimate of drug-likeness (QED) is 0.868. The molecule has 2 aliphatic heterocycles. The summed E-state index contributed by atoms with van der Waals surface area (Å²) in [7, 11) is 0. The van der Waals surface area contributed by atoms with E-state index in [1.807, 2.05) is 35.2 Å². The van der Waals surface area contributed by atoms with Gasteiger partial charge in [-0.25, -0.2) is 4.79 Å². The molecule has 1 N–H and O–H groups in total. The van der Waals surface area contributed by atoms with Gasteiger partial charge in [0, 0.05) is 31.5 Å². The Morgan fingerprint density at radius 3 is 2.85 bits per heavy atom. The Morgan fingerprint density at radius 1 is 1.22 bits per heavy atom. The predicted molar refractivity (Wildman–Crippen MR) is 95.5 cm³/mol. The molecule has 0 unspecified atom stereocenters.